The molecular formula is C10H23NO2S. The fourth-order valence-electron chi connectivity index (χ4n) is 1.47. The molecule has 0 aromatic rings. The fourth-order valence-corrected chi connectivity index (χ4v) is 2.14. The van der Waals surface area contributed by atoms with Crippen LogP contribution < -0.4 is 5.32 Å². The van der Waals surface area contributed by atoms with Gasteiger partial charge in [0.05, 0.1) is 5.75 Å². The smallest absolute Gasteiger partial charge is 0.147 e. The monoisotopic (exact) mass is 221 g/mol. The summed E-state index contributed by atoms with van der Waals surface area (Å²) in [7, 11) is -2.79. The zero-order valence-corrected chi connectivity index (χ0v) is 10.5. The van der Waals surface area contributed by atoms with Crippen molar-refractivity contribution in [3.63, 3.8) is 0 Å². The van der Waals surface area contributed by atoms with E-state index in [0.717, 1.165) is 13.0 Å². The second-order valence-electron chi connectivity index (χ2n) is 4.20. The van der Waals surface area contributed by atoms with Crippen LogP contribution >= 0.6 is 0 Å². The minimum Gasteiger partial charge on any atom is -0.314 e. The van der Waals surface area contributed by atoms with E-state index in [9.17, 15) is 8.42 Å². The van der Waals surface area contributed by atoms with Crippen LogP contribution in [0.5, 0.6) is 0 Å². The van der Waals surface area contributed by atoms with E-state index in [-0.39, 0.29) is 5.75 Å². The Morgan fingerprint density at radius 2 is 1.86 bits per heavy atom. The van der Waals surface area contributed by atoms with Gasteiger partial charge in [-0.3, -0.25) is 0 Å². The molecule has 0 radical (unpaired) electrons. The summed E-state index contributed by atoms with van der Waals surface area (Å²) in [5.74, 6) is 0.896. The van der Waals surface area contributed by atoms with Crippen molar-refractivity contribution >= 4 is 9.84 Å². The van der Waals surface area contributed by atoms with Crippen molar-refractivity contribution in [3.8, 4) is 0 Å². The molecule has 0 saturated heterocycles. The molecule has 0 aliphatic rings. The molecule has 3 nitrogen and oxygen atoms in total. The van der Waals surface area contributed by atoms with Crippen LogP contribution in [0.15, 0.2) is 0 Å². The number of sulfone groups is 1. The Bertz CT molecular complexity index is 235. The Kier molecular flexibility index (Phi) is 6.36. The van der Waals surface area contributed by atoms with Crippen LogP contribution in [0.3, 0.4) is 0 Å². The molecule has 0 fully saturated rings. The lowest BCUT2D eigenvalue weighted by Gasteiger charge is -2.20. The summed E-state index contributed by atoms with van der Waals surface area (Å²) < 4.78 is 21.7. The molecule has 0 aliphatic carbocycles. The van der Waals surface area contributed by atoms with Gasteiger partial charge in [0, 0.05) is 12.3 Å². The first-order valence-electron chi connectivity index (χ1n) is 5.28. The van der Waals surface area contributed by atoms with E-state index in [0.29, 0.717) is 18.4 Å². The zero-order chi connectivity index (χ0) is 11.2. The van der Waals surface area contributed by atoms with Crippen molar-refractivity contribution < 1.29 is 8.42 Å². The summed E-state index contributed by atoms with van der Waals surface area (Å²) in [4.78, 5) is 0. The number of nitrogens with one attached hydrogen (secondary N) is 1. The second-order valence-corrected chi connectivity index (χ2v) is 6.46. The van der Waals surface area contributed by atoms with Gasteiger partial charge >= 0.3 is 0 Å². The first kappa shape index (κ1) is 13.9. The van der Waals surface area contributed by atoms with Gasteiger partial charge in [-0.05, 0) is 25.3 Å². The molecule has 0 aromatic heterocycles. The maximum Gasteiger partial charge on any atom is 0.147 e. The average molecular weight is 221 g/mol. The zero-order valence-electron chi connectivity index (χ0n) is 9.71. The summed E-state index contributed by atoms with van der Waals surface area (Å²) >= 11 is 0. The van der Waals surface area contributed by atoms with Crippen LogP contribution in [-0.2, 0) is 9.84 Å². The van der Waals surface area contributed by atoms with Crippen LogP contribution in [0.4, 0.5) is 0 Å². The van der Waals surface area contributed by atoms with Crippen molar-refractivity contribution in [2.24, 2.45) is 5.92 Å². The van der Waals surface area contributed by atoms with Gasteiger partial charge in [0.1, 0.15) is 9.84 Å². The van der Waals surface area contributed by atoms with Crippen LogP contribution in [0.25, 0.3) is 0 Å². The van der Waals surface area contributed by atoms with Gasteiger partial charge in [-0.2, -0.15) is 0 Å². The van der Waals surface area contributed by atoms with E-state index < -0.39 is 9.84 Å². The Balaban J connectivity index is 3.63. The molecule has 0 aromatic carbocycles. The molecule has 86 valence electrons. The Labute approximate surface area is 88.2 Å². The fraction of sp³-hybridized carbons (Fsp3) is 1.00. The third-order valence-corrected chi connectivity index (χ3v) is 3.37. The highest BCUT2D eigenvalue weighted by molar-refractivity contribution is 7.90. The molecule has 0 bridgehead atoms. The Morgan fingerprint density at radius 3 is 2.21 bits per heavy atom. The molecule has 14 heavy (non-hydrogen) atoms. The van der Waals surface area contributed by atoms with Crippen molar-refractivity contribution in [2.45, 2.75) is 39.7 Å². The van der Waals surface area contributed by atoms with Crippen molar-refractivity contribution in [1.82, 2.24) is 5.32 Å². The van der Waals surface area contributed by atoms with E-state index in [2.05, 4.69) is 26.1 Å². The molecule has 1 N–H and O–H groups in total. The predicted octanol–water partition coefficient (Wildman–Crippen LogP) is 1.45. The Morgan fingerprint density at radius 1 is 1.29 bits per heavy atom. The van der Waals surface area contributed by atoms with Gasteiger partial charge in [-0.25, -0.2) is 8.42 Å². The van der Waals surface area contributed by atoms with Gasteiger partial charge in [-0.1, -0.05) is 20.8 Å². The summed E-state index contributed by atoms with van der Waals surface area (Å²) in [5, 5.41) is 3.38. The Hall–Kier alpha value is -0.0900. The average Bonchev–Trinajstić information content (AvgIpc) is 2.01. The molecule has 0 spiro atoms. The van der Waals surface area contributed by atoms with Crippen LogP contribution in [0.1, 0.15) is 33.6 Å². The molecule has 4 heteroatoms. The molecule has 1 unspecified atom stereocenters. The van der Waals surface area contributed by atoms with Gasteiger partial charge in [0.15, 0.2) is 0 Å². The third-order valence-electron chi connectivity index (χ3n) is 2.34. The van der Waals surface area contributed by atoms with E-state index in [1.165, 1.54) is 6.26 Å². The van der Waals surface area contributed by atoms with Gasteiger partial charge in [0.2, 0.25) is 0 Å². The van der Waals surface area contributed by atoms with Gasteiger partial charge in [0.25, 0.3) is 0 Å². The molecule has 0 heterocycles. The first-order valence-corrected chi connectivity index (χ1v) is 7.34. The minimum absolute atomic E-state index is 0.286. The lowest BCUT2D eigenvalue weighted by Crippen LogP contribution is -2.34. The maximum atomic E-state index is 10.9. The topological polar surface area (TPSA) is 46.2 Å². The molecule has 0 aliphatic heterocycles. The molecule has 0 amide bonds. The maximum absolute atomic E-state index is 10.9. The van der Waals surface area contributed by atoms with E-state index in [1.807, 2.05) is 0 Å². The molecule has 1 atom stereocenters. The number of hydrogen-bond donors (Lipinski definition) is 1. The SMILES string of the molecule is CCC(NCCCS(C)(=O)=O)C(C)C. The largest absolute Gasteiger partial charge is 0.314 e. The number of hydrogen-bond acceptors (Lipinski definition) is 3. The van der Waals surface area contributed by atoms with Crippen molar-refractivity contribution in [1.29, 1.82) is 0 Å². The lowest BCUT2D eigenvalue weighted by atomic mass is 10.0. The normalized spacial score (nSPS) is 14.6. The molecular weight excluding hydrogens is 198 g/mol. The quantitative estimate of drug-likeness (QED) is 0.662. The minimum atomic E-state index is -2.79. The molecule has 0 rings (SSSR count). The highest BCUT2D eigenvalue weighted by Crippen LogP contribution is 2.04. The van der Waals surface area contributed by atoms with Crippen LogP contribution in [0.2, 0.25) is 0 Å². The summed E-state index contributed by atoms with van der Waals surface area (Å²) in [6.07, 6.45) is 3.09. The van der Waals surface area contributed by atoms with Gasteiger partial charge < -0.3 is 5.32 Å². The predicted molar refractivity (Wildman–Crippen MR) is 61.2 cm³/mol. The summed E-state index contributed by atoms with van der Waals surface area (Å²) in [5.41, 5.74) is 0. The third kappa shape index (κ3) is 7.33. The van der Waals surface area contributed by atoms with Crippen LogP contribution in [0, 0.1) is 5.92 Å². The first-order chi connectivity index (χ1) is 6.37. The standard InChI is InChI=1S/C10H23NO2S/c1-5-10(9(2)3)11-7-6-8-14(4,12)13/h9-11H,5-8H2,1-4H3. The van der Waals surface area contributed by atoms with Crippen molar-refractivity contribution in [2.75, 3.05) is 18.6 Å². The number of rotatable bonds is 7. The second kappa shape index (κ2) is 6.40. The van der Waals surface area contributed by atoms with Crippen molar-refractivity contribution in [3.05, 3.63) is 0 Å². The summed E-state index contributed by atoms with van der Waals surface area (Å²) in [6.45, 7) is 7.30. The van der Waals surface area contributed by atoms with E-state index in [1.54, 1.807) is 0 Å². The highest BCUT2D eigenvalue weighted by atomic mass is 32.2. The van der Waals surface area contributed by atoms with Crippen LogP contribution in [-0.4, -0.2) is 33.0 Å². The summed E-state index contributed by atoms with van der Waals surface area (Å²) in [6, 6.07) is 0.509. The molecule has 0 saturated carbocycles. The van der Waals surface area contributed by atoms with E-state index in [4.69, 9.17) is 0 Å². The van der Waals surface area contributed by atoms with E-state index >= 15 is 0 Å². The highest BCUT2D eigenvalue weighted by Gasteiger charge is 2.09. The lowest BCUT2D eigenvalue weighted by molar-refractivity contribution is 0.390. The van der Waals surface area contributed by atoms with Gasteiger partial charge in [-0.15, -0.1) is 0 Å².